The number of fused-ring (bicyclic) bond motifs is 15. The topological polar surface area (TPSA) is 34.5 Å². The molecule has 0 saturated carbocycles. The van der Waals surface area contributed by atoms with Crippen molar-refractivity contribution in [3.63, 3.8) is 0 Å². The van der Waals surface area contributed by atoms with Crippen LogP contribution in [0.2, 0.25) is 0 Å². The van der Waals surface area contributed by atoms with Gasteiger partial charge in [-0.05, 0) is 130 Å². The monoisotopic (exact) mass is 872 g/mol. The summed E-state index contributed by atoms with van der Waals surface area (Å²) in [6.45, 7) is 0. The van der Waals surface area contributed by atoms with Crippen LogP contribution in [-0.2, 0) is 0 Å². The van der Waals surface area contributed by atoms with E-state index >= 15 is 0 Å². The number of hydrogen-bond acceptors (Lipinski definition) is 4. The second-order valence-electron chi connectivity index (χ2n) is 17.6. The molecule has 0 spiro atoms. The van der Waals surface area contributed by atoms with Crippen molar-refractivity contribution in [1.29, 1.82) is 0 Å². The van der Waals surface area contributed by atoms with Gasteiger partial charge in [0.2, 0.25) is 0 Å². The fraction of sp³-hybridized carbons (Fsp3) is 0. The number of rotatable bonds is 5. The van der Waals surface area contributed by atoms with Crippen molar-refractivity contribution >= 4 is 136 Å². The predicted octanol–water partition coefficient (Wildman–Crippen LogP) is 18.4. The fourth-order valence-corrected chi connectivity index (χ4v) is 12.1. The second kappa shape index (κ2) is 13.9. The van der Waals surface area contributed by atoms with Gasteiger partial charge in [0.25, 0.3) is 0 Å². The molecule has 0 aliphatic heterocycles. The van der Waals surface area contributed by atoms with Crippen LogP contribution in [0.1, 0.15) is 0 Å². The quantitative estimate of drug-likeness (QED) is 0.173. The van der Waals surface area contributed by atoms with Crippen molar-refractivity contribution in [2.24, 2.45) is 0 Å². The average Bonchev–Trinajstić information content (AvgIpc) is 4.14. The van der Waals surface area contributed by atoms with E-state index in [4.69, 9.17) is 8.83 Å². The summed E-state index contributed by atoms with van der Waals surface area (Å²) >= 11 is 1.89. The Morgan fingerprint density at radius 2 is 0.925 bits per heavy atom. The minimum absolute atomic E-state index is 0.850. The highest BCUT2D eigenvalue weighted by Crippen LogP contribution is 2.47. The molecule has 312 valence electrons. The van der Waals surface area contributed by atoms with E-state index in [9.17, 15) is 0 Å². The van der Waals surface area contributed by atoms with Crippen LogP contribution < -0.4 is 4.90 Å². The second-order valence-corrected chi connectivity index (χ2v) is 18.7. The Morgan fingerprint density at radius 3 is 1.73 bits per heavy atom. The first-order valence-electron chi connectivity index (χ1n) is 22.7. The lowest BCUT2D eigenvalue weighted by Crippen LogP contribution is -2.10. The normalized spacial score (nSPS) is 12.2. The van der Waals surface area contributed by atoms with E-state index in [1.54, 1.807) is 0 Å². The summed E-state index contributed by atoms with van der Waals surface area (Å²) in [6, 6.07) is 79.0. The van der Waals surface area contributed by atoms with Crippen LogP contribution in [-0.4, -0.2) is 4.57 Å². The van der Waals surface area contributed by atoms with Gasteiger partial charge in [-0.2, -0.15) is 0 Å². The zero-order chi connectivity index (χ0) is 43.7. The van der Waals surface area contributed by atoms with E-state index in [2.05, 4.69) is 216 Å². The Labute approximate surface area is 387 Å². The van der Waals surface area contributed by atoms with Gasteiger partial charge in [0, 0.05) is 80.6 Å². The number of anilines is 3. The summed E-state index contributed by atoms with van der Waals surface area (Å²) in [5, 5.41) is 14.4. The molecule has 0 aliphatic carbocycles. The van der Waals surface area contributed by atoms with Crippen LogP contribution >= 0.6 is 11.3 Å². The molecule has 0 aliphatic rings. The van der Waals surface area contributed by atoms with Crippen molar-refractivity contribution in [3.8, 4) is 16.8 Å². The molecule has 0 saturated heterocycles. The minimum atomic E-state index is 0.850. The molecule has 4 aromatic heterocycles. The lowest BCUT2D eigenvalue weighted by molar-refractivity contribution is 0.668. The van der Waals surface area contributed by atoms with Gasteiger partial charge in [-0.3, -0.25) is 0 Å². The fourth-order valence-electron chi connectivity index (χ4n) is 10.8. The Bertz CT molecular complexity index is 4530. The highest BCUT2D eigenvalue weighted by Gasteiger charge is 2.21. The summed E-state index contributed by atoms with van der Waals surface area (Å²) < 4.78 is 18.1. The summed E-state index contributed by atoms with van der Waals surface area (Å²) in [4.78, 5) is 2.37. The molecule has 0 bridgehead atoms. The van der Waals surface area contributed by atoms with E-state index in [1.807, 2.05) is 23.5 Å². The molecule has 0 unspecified atom stereocenters. The minimum Gasteiger partial charge on any atom is -0.456 e. The average molecular weight is 873 g/mol. The van der Waals surface area contributed by atoms with Gasteiger partial charge in [0.15, 0.2) is 0 Å². The van der Waals surface area contributed by atoms with Crippen molar-refractivity contribution in [2.45, 2.75) is 0 Å². The third-order valence-corrected chi connectivity index (χ3v) is 15.1. The van der Waals surface area contributed by atoms with Gasteiger partial charge in [0.05, 0.1) is 11.0 Å². The van der Waals surface area contributed by atoms with Crippen LogP contribution in [0.4, 0.5) is 17.1 Å². The van der Waals surface area contributed by atoms with E-state index < -0.39 is 0 Å². The molecule has 4 nitrogen and oxygen atoms in total. The maximum atomic E-state index is 6.78. The van der Waals surface area contributed by atoms with Crippen molar-refractivity contribution in [3.05, 3.63) is 218 Å². The number of hydrogen-bond donors (Lipinski definition) is 0. The van der Waals surface area contributed by atoms with Gasteiger partial charge in [-0.15, -0.1) is 11.3 Å². The van der Waals surface area contributed by atoms with Crippen LogP contribution in [0.25, 0.3) is 124 Å². The standard InChI is InChI=1S/C62H36N2O2S/c1-2-14-40(15-3-1)64-55-20-10-8-17-45(55)46-27-23-43(35-56(46)64)63(41-24-28-58-51(33-41)47-18-9-11-21-57(47)65-58)42-25-29-59-52(34-42)48-26-22-39(31-60(48)66-59)50-36-54-53-30-37-12-4-5-13-38(37)32-61(53)67-62(54)49-19-7-6-16-44(49)50/h1-36H. The lowest BCUT2D eigenvalue weighted by atomic mass is 9.94. The summed E-state index contributed by atoms with van der Waals surface area (Å²) in [6.07, 6.45) is 0. The maximum Gasteiger partial charge on any atom is 0.136 e. The number of para-hydroxylation sites is 3. The highest BCUT2D eigenvalue weighted by atomic mass is 32.1. The number of nitrogens with zero attached hydrogens (tertiary/aromatic N) is 2. The predicted molar refractivity (Wildman–Crippen MR) is 283 cm³/mol. The van der Waals surface area contributed by atoms with Crippen molar-refractivity contribution in [1.82, 2.24) is 4.57 Å². The van der Waals surface area contributed by atoms with E-state index in [1.165, 1.54) is 63.6 Å². The van der Waals surface area contributed by atoms with Gasteiger partial charge >= 0.3 is 0 Å². The summed E-state index contributed by atoms with van der Waals surface area (Å²) in [7, 11) is 0. The number of furan rings is 2. The van der Waals surface area contributed by atoms with Crippen LogP contribution in [0.15, 0.2) is 227 Å². The Kier molecular flexibility index (Phi) is 7.63. The summed E-state index contributed by atoms with van der Waals surface area (Å²) in [5.74, 6) is 0. The van der Waals surface area contributed by atoms with Gasteiger partial charge in [0.1, 0.15) is 22.3 Å². The van der Waals surface area contributed by atoms with E-state index in [0.29, 0.717) is 0 Å². The SMILES string of the molecule is c1ccc(-n2c3ccccc3c3ccc(N(c4ccc5oc6ccccc6c5c4)c4ccc5oc6cc(-c7cc8c9cc%10ccccc%10cc9sc8c8ccccc78)ccc6c5c4)cc32)cc1. The first-order valence-corrected chi connectivity index (χ1v) is 23.5. The zero-order valence-electron chi connectivity index (χ0n) is 35.9. The zero-order valence-corrected chi connectivity index (χ0v) is 36.7. The molecule has 0 atom stereocenters. The first-order chi connectivity index (χ1) is 33.2. The third kappa shape index (κ3) is 5.46. The van der Waals surface area contributed by atoms with Crippen molar-refractivity contribution in [2.75, 3.05) is 4.90 Å². The van der Waals surface area contributed by atoms with E-state index in [0.717, 1.165) is 77.7 Å². The van der Waals surface area contributed by atoms with E-state index in [-0.39, 0.29) is 0 Å². The van der Waals surface area contributed by atoms with Gasteiger partial charge in [-0.1, -0.05) is 115 Å². The molecule has 11 aromatic carbocycles. The largest absolute Gasteiger partial charge is 0.456 e. The Hall–Kier alpha value is -8.64. The number of aromatic nitrogens is 1. The molecule has 4 heterocycles. The van der Waals surface area contributed by atoms with Crippen molar-refractivity contribution < 1.29 is 8.83 Å². The smallest absolute Gasteiger partial charge is 0.136 e. The molecule has 15 aromatic rings. The molecule has 0 fully saturated rings. The third-order valence-electron chi connectivity index (χ3n) is 13.9. The number of thiophene rings is 1. The molecule has 67 heavy (non-hydrogen) atoms. The molecule has 0 amide bonds. The first kappa shape index (κ1) is 36.7. The van der Waals surface area contributed by atoms with Crippen LogP contribution in [0.5, 0.6) is 0 Å². The molecular weight excluding hydrogens is 837 g/mol. The number of benzene rings is 11. The van der Waals surface area contributed by atoms with Gasteiger partial charge in [-0.25, -0.2) is 0 Å². The molecule has 0 radical (unpaired) electrons. The maximum absolute atomic E-state index is 6.78. The lowest BCUT2D eigenvalue weighted by Gasteiger charge is -2.26. The summed E-state index contributed by atoms with van der Waals surface area (Å²) in [5.41, 5.74) is 12.3. The Balaban J connectivity index is 0.921. The van der Waals surface area contributed by atoms with Crippen LogP contribution in [0, 0.1) is 0 Å². The van der Waals surface area contributed by atoms with Crippen LogP contribution in [0.3, 0.4) is 0 Å². The molecular formula is C62H36N2O2S. The molecule has 5 heteroatoms. The highest BCUT2D eigenvalue weighted by molar-refractivity contribution is 7.26. The molecule has 0 N–H and O–H groups in total. The van der Waals surface area contributed by atoms with Gasteiger partial charge < -0.3 is 18.3 Å². The Morgan fingerprint density at radius 1 is 0.343 bits per heavy atom. The molecule has 15 rings (SSSR count).